The lowest BCUT2D eigenvalue weighted by atomic mass is 10.1. The molecule has 6 heteroatoms. The van der Waals surface area contributed by atoms with E-state index in [4.69, 9.17) is 9.47 Å². The number of nitrogens with zero attached hydrogens (tertiary/aromatic N) is 2. The molecule has 1 aromatic rings. The van der Waals surface area contributed by atoms with Crippen LogP contribution in [0.4, 0.5) is 0 Å². The van der Waals surface area contributed by atoms with E-state index < -0.39 is 0 Å². The standard InChI is InChI=1S/C17H30N4O2/c1-18-17(20-11-12-21(2)13-14-22-3)19-10-9-15-7-5-6-8-16(15)23-4/h5-8H,9-14H2,1-4H3,(H2,18,19,20). The van der Waals surface area contributed by atoms with E-state index in [1.807, 2.05) is 18.2 Å². The summed E-state index contributed by atoms with van der Waals surface area (Å²) in [5.74, 6) is 1.75. The van der Waals surface area contributed by atoms with Crippen LogP contribution in [0.1, 0.15) is 5.56 Å². The highest BCUT2D eigenvalue weighted by molar-refractivity contribution is 5.79. The minimum atomic E-state index is 0.752. The van der Waals surface area contributed by atoms with Gasteiger partial charge in [-0.05, 0) is 25.1 Å². The lowest BCUT2D eigenvalue weighted by Gasteiger charge is -2.18. The normalized spacial score (nSPS) is 11.6. The molecule has 0 fully saturated rings. The zero-order valence-electron chi connectivity index (χ0n) is 14.8. The van der Waals surface area contributed by atoms with E-state index in [2.05, 4.69) is 33.6 Å². The van der Waals surface area contributed by atoms with E-state index in [0.29, 0.717) is 0 Å². The highest BCUT2D eigenvalue weighted by atomic mass is 16.5. The summed E-state index contributed by atoms with van der Waals surface area (Å²) in [5, 5.41) is 6.64. The second-order valence-corrected chi connectivity index (χ2v) is 5.28. The smallest absolute Gasteiger partial charge is 0.191 e. The number of hydrogen-bond donors (Lipinski definition) is 2. The molecule has 6 nitrogen and oxygen atoms in total. The zero-order valence-corrected chi connectivity index (χ0v) is 14.8. The van der Waals surface area contributed by atoms with Crippen molar-refractivity contribution in [1.29, 1.82) is 0 Å². The molecule has 1 rings (SSSR count). The van der Waals surface area contributed by atoms with Gasteiger partial charge in [0.15, 0.2) is 5.96 Å². The van der Waals surface area contributed by atoms with Gasteiger partial charge in [0.25, 0.3) is 0 Å². The number of hydrogen-bond acceptors (Lipinski definition) is 4. The van der Waals surface area contributed by atoms with E-state index in [-0.39, 0.29) is 0 Å². The third-order valence-corrected chi connectivity index (χ3v) is 3.57. The van der Waals surface area contributed by atoms with Gasteiger partial charge in [-0.3, -0.25) is 4.99 Å². The van der Waals surface area contributed by atoms with Crippen molar-refractivity contribution in [2.24, 2.45) is 4.99 Å². The van der Waals surface area contributed by atoms with Crippen molar-refractivity contribution in [3.05, 3.63) is 29.8 Å². The summed E-state index contributed by atoms with van der Waals surface area (Å²) in [4.78, 5) is 6.46. The highest BCUT2D eigenvalue weighted by Crippen LogP contribution is 2.17. The number of nitrogens with one attached hydrogen (secondary N) is 2. The van der Waals surface area contributed by atoms with Crippen molar-refractivity contribution in [2.45, 2.75) is 6.42 Å². The van der Waals surface area contributed by atoms with Crippen molar-refractivity contribution in [3.63, 3.8) is 0 Å². The molecule has 0 aliphatic heterocycles. The van der Waals surface area contributed by atoms with Crippen molar-refractivity contribution in [3.8, 4) is 5.75 Å². The first-order valence-electron chi connectivity index (χ1n) is 7.95. The van der Waals surface area contributed by atoms with Crippen LogP contribution in [0.25, 0.3) is 0 Å². The van der Waals surface area contributed by atoms with Crippen LogP contribution >= 0.6 is 0 Å². The predicted molar refractivity (Wildman–Crippen MR) is 95.4 cm³/mol. The van der Waals surface area contributed by atoms with Gasteiger partial charge in [-0.1, -0.05) is 18.2 Å². The Labute approximate surface area is 139 Å². The highest BCUT2D eigenvalue weighted by Gasteiger charge is 2.03. The Hall–Kier alpha value is -1.79. The van der Waals surface area contributed by atoms with Gasteiger partial charge in [-0.25, -0.2) is 0 Å². The summed E-state index contributed by atoms with van der Waals surface area (Å²) in [5.41, 5.74) is 1.19. The lowest BCUT2D eigenvalue weighted by molar-refractivity contribution is 0.162. The van der Waals surface area contributed by atoms with Crippen LogP contribution in [0.15, 0.2) is 29.3 Å². The Morgan fingerprint density at radius 3 is 2.57 bits per heavy atom. The number of para-hydroxylation sites is 1. The number of ether oxygens (including phenoxy) is 2. The minimum Gasteiger partial charge on any atom is -0.496 e. The maximum atomic E-state index is 5.36. The molecule has 0 spiro atoms. The number of methoxy groups -OCH3 is 2. The summed E-state index contributed by atoms with van der Waals surface area (Å²) in [6.07, 6.45) is 0.887. The number of rotatable bonds is 10. The minimum absolute atomic E-state index is 0.752. The number of likely N-dealkylation sites (N-methyl/N-ethyl adjacent to an activating group) is 1. The van der Waals surface area contributed by atoms with Crippen molar-refractivity contribution >= 4 is 5.96 Å². The maximum Gasteiger partial charge on any atom is 0.191 e. The predicted octanol–water partition coefficient (Wildman–Crippen LogP) is 0.981. The molecule has 0 bridgehead atoms. The van der Waals surface area contributed by atoms with E-state index in [1.54, 1.807) is 21.3 Å². The summed E-state index contributed by atoms with van der Waals surface area (Å²) < 4.78 is 10.4. The second kappa shape index (κ2) is 11.7. The van der Waals surface area contributed by atoms with Crippen LogP contribution in [-0.4, -0.2) is 72.0 Å². The summed E-state index contributed by atoms with van der Waals surface area (Å²) in [7, 11) is 7.29. The topological polar surface area (TPSA) is 58.1 Å². The summed E-state index contributed by atoms with van der Waals surface area (Å²) in [6, 6.07) is 8.08. The fourth-order valence-corrected chi connectivity index (χ4v) is 2.17. The van der Waals surface area contributed by atoms with Crippen LogP contribution in [0.2, 0.25) is 0 Å². The van der Waals surface area contributed by atoms with Gasteiger partial charge in [0, 0.05) is 40.3 Å². The Kier molecular flexibility index (Phi) is 9.83. The van der Waals surface area contributed by atoms with Crippen molar-refractivity contribution in [1.82, 2.24) is 15.5 Å². The third kappa shape index (κ3) is 7.85. The molecule has 0 atom stereocenters. The first-order chi connectivity index (χ1) is 11.2. The number of guanidine groups is 1. The average Bonchev–Trinajstić information content (AvgIpc) is 2.58. The monoisotopic (exact) mass is 322 g/mol. The zero-order chi connectivity index (χ0) is 16.9. The van der Waals surface area contributed by atoms with Crippen molar-refractivity contribution < 1.29 is 9.47 Å². The summed E-state index contributed by atoms with van der Waals surface area (Å²) in [6.45, 7) is 4.27. The molecule has 0 aliphatic carbocycles. The van der Waals surface area contributed by atoms with Crippen LogP contribution in [0.3, 0.4) is 0 Å². The van der Waals surface area contributed by atoms with E-state index in [1.165, 1.54) is 5.56 Å². The molecule has 130 valence electrons. The van der Waals surface area contributed by atoms with Crippen LogP contribution < -0.4 is 15.4 Å². The van der Waals surface area contributed by atoms with E-state index in [9.17, 15) is 0 Å². The third-order valence-electron chi connectivity index (χ3n) is 3.57. The largest absolute Gasteiger partial charge is 0.496 e. The first kappa shape index (κ1) is 19.3. The molecule has 0 saturated heterocycles. The fraction of sp³-hybridized carbons (Fsp3) is 0.588. The van der Waals surface area contributed by atoms with Gasteiger partial charge < -0.3 is 25.0 Å². The second-order valence-electron chi connectivity index (χ2n) is 5.28. The summed E-state index contributed by atoms with van der Waals surface area (Å²) >= 11 is 0. The molecule has 0 amide bonds. The lowest BCUT2D eigenvalue weighted by Crippen LogP contribution is -2.42. The molecule has 23 heavy (non-hydrogen) atoms. The van der Waals surface area contributed by atoms with Crippen LogP contribution in [0.5, 0.6) is 5.75 Å². The molecule has 0 aliphatic rings. The van der Waals surface area contributed by atoms with Gasteiger partial charge >= 0.3 is 0 Å². The maximum absolute atomic E-state index is 5.36. The molecule has 0 aromatic heterocycles. The number of benzene rings is 1. The number of aliphatic imine (C=N–C) groups is 1. The molecule has 2 N–H and O–H groups in total. The first-order valence-corrected chi connectivity index (χ1v) is 7.95. The van der Waals surface area contributed by atoms with Gasteiger partial charge in [0.2, 0.25) is 0 Å². The fourth-order valence-electron chi connectivity index (χ4n) is 2.17. The van der Waals surface area contributed by atoms with E-state index in [0.717, 1.165) is 50.9 Å². The van der Waals surface area contributed by atoms with Gasteiger partial charge in [0.1, 0.15) is 5.75 Å². The molecule has 1 aromatic carbocycles. The Bertz CT molecular complexity index is 466. The van der Waals surface area contributed by atoms with Gasteiger partial charge in [-0.2, -0.15) is 0 Å². The Morgan fingerprint density at radius 1 is 1.13 bits per heavy atom. The Balaban J connectivity index is 2.26. The molecule has 0 saturated carbocycles. The van der Waals surface area contributed by atoms with Crippen LogP contribution in [-0.2, 0) is 11.2 Å². The van der Waals surface area contributed by atoms with Gasteiger partial charge in [-0.15, -0.1) is 0 Å². The quantitative estimate of drug-likeness (QED) is 0.497. The molecular formula is C17H30N4O2. The SMILES string of the molecule is CN=C(NCCc1ccccc1OC)NCCN(C)CCOC. The average molecular weight is 322 g/mol. The van der Waals surface area contributed by atoms with Gasteiger partial charge in [0.05, 0.1) is 13.7 Å². The Morgan fingerprint density at radius 2 is 1.87 bits per heavy atom. The van der Waals surface area contributed by atoms with E-state index >= 15 is 0 Å². The van der Waals surface area contributed by atoms with Crippen molar-refractivity contribution in [2.75, 3.05) is 61.1 Å². The molecule has 0 radical (unpaired) electrons. The molecular weight excluding hydrogens is 292 g/mol. The molecule has 0 unspecified atom stereocenters. The molecule has 0 heterocycles. The van der Waals surface area contributed by atoms with Crippen LogP contribution in [0, 0.1) is 0 Å².